The van der Waals surface area contributed by atoms with Gasteiger partial charge in [0, 0.05) is 13.0 Å². The van der Waals surface area contributed by atoms with E-state index in [0.717, 1.165) is 77.0 Å². The lowest BCUT2D eigenvalue weighted by Crippen LogP contribution is -2.27. The fourth-order valence-electron chi connectivity index (χ4n) is 4.36. The number of aliphatic hydroxyl groups is 1. The molecule has 0 aromatic heterocycles. The molecule has 44 heavy (non-hydrogen) atoms. The summed E-state index contributed by atoms with van der Waals surface area (Å²) in [6.45, 7) is 5.07. The summed E-state index contributed by atoms with van der Waals surface area (Å²) in [5.41, 5.74) is 0. The normalized spacial score (nSPS) is 13.4. The van der Waals surface area contributed by atoms with Gasteiger partial charge in [0.15, 0.2) is 0 Å². The van der Waals surface area contributed by atoms with Gasteiger partial charge in [-0.05, 0) is 70.6 Å². The highest BCUT2D eigenvalue weighted by Gasteiger charge is 2.13. The van der Waals surface area contributed by atoms with Crippen LogP contribution in [0.2, 0.25) is 0 Å². The van der Waals surface area contributed by atoms with E-state index in [2.05, 4.69) is 98.9 Å². The maximum atomic E-state index is 12.0. The molecule has 0 aliphatic carbocycles. The van der Waals surface area contributed by atoms with E-state index in [4.69, 9.17) is 9.47 Å². The number of allylic oxidation sites excluding steroid dienone is 14. The number of carbonyl (C=O) groups is 1. The minimum absolute atomic E-state index is 0.194. The predicted molar refractivity (Wildman–Crippen MR) is 191 cm³/mol. The first-order valence-corrected chi connectivity index (χ1v) is 17.7. The summed E-state index contributed by atoms with van der Waals surface area (Å²) in [5.74, 6) is -0.226. The largest absolute Gasteiger partial charge is 0.457 e. The molecule has 4 heteroatoms. The molecule has 0 bridgehead atoms. The maximum Gasteiger partial charge on any atom is 0.306 e. The number of ether oxygens (including phenoxy) is 2. The minimum atomic E-state index is -0.558. The fourth-order valence-corrected chi connectivity index (χ4v) is 4.36. The van der Waals surface area contributed by atoms with E-state index in [-0.39, 0.29) is 19.2 Å². The predicted octanol–water partition coefficient (Wildman–Crippen LogP) is 11.3. The molecule has 0 spiro atoms. The Morgan fingerprint density at radius 2 is 1.02 bits per heavy atom. The van der Waals surface area contributed by atoms with Gasteiger partial charge in [0.25, 0.3) is 0 Å². The van der Waals surface area contributed by atoms with Gasteiger partial charge in [-0.1, -0.05) is 144 Å². The summed E-state index contributed by atoms with van der Waals surface area (Å²) >= 11 is 0. The average Bonchev–Trinajstić information content (AvgIpc) is 3.03. The van der Waals surface area contributed by atoms with Gasteiger partial charge < -0.3 is 14.6 Å². The van der Waals surface area contributed by atoms with E-state index in [0.29, 0.717) is 13.0 Å². The second-order valence-electron chi connectivity index (χ2n) is 11.2. The van der Waals surface area contributed by atoms with Crippen molar-refractivity contribution in [3.63, 3.8) is 0 Å². The van der Waals surface area contributed by atoms with Crippen LogP contribution in [0, 0.1) is 0 Å². The number of aliphatic hydroxyl groups excluding tert-OH is 1. The van der Waals surface area contributed by atoms with E-state index in [1.807, 2.05) is 0 Å². The van der Waals surface area contributed by atoms with Crippen LogP contribution in [0.1, 0.15) is 136 Å². The van der Waals surface area contributed by atoms with Gasteiger partial charge in [0.05, 0.1) is 13.2 Å². The van der Waals surface area contributed by atoms with Crippen LogP contribution in [0.4, 0.5) is 0 Å². The number of esters is 1. The number of rotatable bonds is 31. The zero-order chi connectivity index (χ0) is 32.0. The van der Waals surface area contributed by atoms with Crippen molar-refractivity contribution >= 4 is 5.97 Å². The van der Waals surface area contributed by atoms with Crippen molar-refractivity contribution in [2.24, 2.45) is 0 Å². The second kappa shape index (κ2) is 36.8. The average molecular weight is 611 g/mol. The van der Waals surface area contributed by atoms with E-state index in [1.54, 1.807) is 0 Å². The molecule has 0 heterocycles. The second-order valence-corrected chi connectivity index (χ2v) is 11.2. The van der Waals surface area contributed by atoms with E-state index in [1.165, 1.54) is 38.5 Å². The summed E-state index contributed by atoms with van der Waals surface area (Å²) in [6, 6.07) is 0. The lowest BCUT2D eigenvalue weighted by molar-refractivity contribution is -0.154. The Bertz CT molecular complexity index is 815. The summed E-state index contributed by atoms with van der Waals surface area (Å²) in [5, 5.41) is 9.50. The van der Waals surface area contributed by atoms with Crippen molar-refractivity contribution in [3.8, 4) is 0 Å². The summed E-state index contributed by atoms with van der Waals surface area (Å²) in [6.07, 6.45) is 50.6. The summed E-state index contributed by atoms with van der Waals surface area (Å²) < 4.78 is 11.0. The SMILES string of the molecule is CC/C=C\C/C=C\C/C=C\C/C=C\C/C=C\C/C=C\C/C=C\CCCCOCC(CO)OC(=O)CCCCCCCCCC. The highest BCUT2D eigenvalue weighted by atomic mass is 16.6. The number of carbonyl (C=O) groups excluding carboxylic acids is 1. The van der Waals surface area contributed by atoms with Gasteiger partial charge in [-0.3, -0.25) is 4.79 Å². The van der Waals surface area contributed by atoms with Crippen LogP contribution in [-0.2, 0) is 14.3 Å². The van der Waals surface area contributed by atoms with E-state index in [9.17, 15) is 9.90 Å². The van der Waals surface area contributed by atoms with Crippen molar-refractivity contribution in [2.75, 3.05) is 19.8 Å². The smallest absolute Gasteiger partial charge is 0.306 e. The summed E-state index contributed by atoms with van der Waals surface area (Å²) in [7, 11) is 0. The van der Waals surface area contributed by atoms with Gasteiger partial charge in [-0.25, -0.2) is 0 Å². The lowest BCUT2D eigenvalue weighted by Gasteiger charge is -2.15. The first-order valence-electron chi connectivity index (χ1n) is 17.7. The van der Waals surface area contributed by atoms with Gasteiger partial charge >= 0.3 is 5.97 Å². The molecule has 0 aliphatic heterocycles. The van der Waals surface area contributed by atoms with Crippen LogP contribution < -0.4 is 0 Å². The van der Waals surface area contributed by atoms with Crippen LogP contribution in [0.15, 0.2) is 85.1 Å². The van der Waals surface area contributed by atoms with Gasteiger partial charge in [-0.2, -0.15) is 0 Å². The quantitative estimate of drug-likeness (QED) is 0.0482. The Morgan fingerprint density at radius 3 is 1.50 bits per heavy atom. The molecular formula is C40H66O4. The summed E-state index contributed by atoms with van der Waals surface area (Å²) in [4.78, 5) is 12.0. The molecule has 1 atom stereocenters. The monoisotopic (exact) mass is 610 g/mol. The van der Waals surface area contributed by atoms with E-state index < -0.39 is 6.10 Å². The van der Waals surface area contributed by atoms with Crippen LogP contribution in [-0.4, -0.2) is 37.0 Å². The Labute approximate surface area is 271 Å². The Kier molecular flexibility index (Phi) is 34.7. The molecule has 0 saturated carbocycles. The van der Waals surface area contributed by atoms with Gasteiger partial charge in [-0.15, -0.1) is 0 Å². The third kappa shape index (κ3) is 34.1. The molecule has 4 nitrogen and oxygen atoms in total. The molecule has 0 aliphatic rings. The highest BCUT2D eigenvalue weighted by molar-refractivity contribution is 5.69. The van der Waals surface area contributed by atoms with Gasteiger partial charge in [0.2, 0.25) is 0 Å². The van der Waals surface area contributed by atoms with Crippen molar-refractivity contribution in [2.45, 2.75) is 142 Å². The van der Waals surface area contributed by atoms with Crippen LogP contribution >= 0.6 is 0 Å². The molecule has 0 radical (unpaired) electrons. The molecule has 0 fully saturated rings. The first-order chi connectivity index (χ1) is 21.7. The first kappa shape index (κ1) is 41.6. The maximum absolute atomic E-state index is 12.0. The zero-order valence-electron chi connectivity index (χ0n) is 28.4. The molecule has 0 aromatic rings. The molecular weight excluding hydrogens is 544 g/mol. The molecule has 0 amide bonds. The van der Waals surface area contributed by atoms with Crippen molar-refractivity contribution in [1.82, 2.24) is 0 Å². The Morgan fingerprint density at radius 1 is 0.568 bits per heavy atom. The van der Waals surface area contributed by atoms with Crippen LogP contribution in [0.25, 0.3) is 0 Å². The van der Waals surface area contributed by atoms with Crippen LogP contribution in [0.5, 0.6) is 0 Å². The van der Waals surface area contributed by atoms with Crippen LogP contribution in [0.3, 0.4) is 0 Å². The Hall–Kier alpha value is -2.43. The van der Waals surface area contributed by atoms with Crippen molar-refractivity contribution in [3.05, 3.63) is 85.1 Å². The van der Waals surface area contributed by atoms with Gasteiger partial charge in [0.1, 0.15) is 6.10 Å². The van der Waals surface area contributed by atoms with E-state index >= 15 is 0 Å². The van der Waals surface area contributed by atoms with Crippen molar-refractivity contribution < 1.29 is 19.4 Å². The highest BCUT2D eigenvalue weighted by Crippen LogP contribution is 2.10. The molecule has 0 saturated heterocycles. The Balaban J connectivity index is 3.62. The molecule has 0 rings (SSSR count). The number of hydrogen-bond donors (Lipinski definition) is 1. The lowest BCUT2D eigenvalue weighted by atomic mass is 10.1. The zero-order valence-corrected chi connectivity index (χ0v) is 28.4. The third-order valence-electron chi connectivity index (χ3n) is 6.98. The minimum Gasteiger partial charge on any atom is -0.457 e. The van der Waals surface area contributed by atoms with Crippen molar-refractivity contribution in [1.29, 1.82) is 0 Å². The fraction of sp³-hybridized carbons (Fsp3) is 0.625. The molecule has 0 aromatic carbocycles. The number of unbranched alkanes of at least 4 members (excludes halogenated alkanes) is 9. The molecule has 1 unspecified atom stereocenters. The standard InChI is InChI=1S/C40H66O4/c1-3-5-7-9-11-13-14-15-16-17-18-19-20-21-22-23-24-25-26-27-28-30-32-34-36-43-38-39(37-41)44-40(42)35-33-31-29-12-10-8-6-4-2/h5,7,11,13,15-16,18-19,21-22,24-25,27-28,39,41H,3-4,6,8-10,12,14,17,20,23,26,29-38H2,1-2H3/b7-5-,13-11-,16-15-,19-18-,22-21-,25-24-,28-27-. The molecule has 250 valence electrons. The topological polar surface area (TPSA) is 55.8 Å². The third-order valence-corrected chi connectivity index (χ3v) is 6.98. The molecule has 1 N–H and O–H groups in total. The number of hydrogen-bond acceptors (Lipinski definition) is 4.